The monoisotopic (exact) mass is 1570 g/mol. The van der Waals surface area contributed by atoms with Gasteiger partial charge in [-0.3, -0.25) is 32.5 Å². The zero-order valence-electron chi connectivity index (χ0n) is 69.2. The van der Waals surface area contributed by atoms with Crippen LogP contribution in [0.15, 0.2) is 122 Å². The van der Waals surface area contributed by atoms with Crippen molar-refractivity contribution in [1.29, 1.82) is 0 Å². The van der Waals surface area contributed by atoms with Gasteiger partial charge in [-0.25, -0.2) is 9.13 Å². The minimum atomic E-state index is -4.93. The Morgan fingerprint density at radius 1 is 0.266 bits per heavy atom. The number of esters is 3. The third-order valence-corrected chi connectivity index (χ3v) is 20.6. The normalized spacial score (nSPS) is 14.4. The summed E-state index contributed by atoms with van der Waals surface area (Å²) in [5, 5.41) is 20.7. The minimum Gasteiger partial charge on any atom is -0.463 e. The van der Waals surface area contributed by atoms with Crippen LogP contribution in [0, 0.1) is 0 Å². The van der Waals surface area contributed by atoms with Gasteiger partial charge >= 0.3 is 33.6 Å². The summed E-state index contributed by atoms with van der Waals surface area (Å²) < 4.78 is 61.3. The van der Waals surface area contributed by atoms with Gasteiger partial charge in [0.1, 0.15) is 25.4 Å². The lowest BCUT2D eigenvalue weighted by atomic mass is 10.0. The Labute approximate surface area is 665 Å². The smallest absolute Gasteiger partial charge is 0.463 e. The number of unbranched alkanes of at least 4 members (excludes halogenated alkanes) is 40. The number of phosphoric ester groups is 2. The Morgan fingerprint density at radius 3 is 0.771 bits per heavy atom. The Bertz CT molecular complexity index is 2460. The van der Waals surface area contributed by atoms with Crippen LogP contribution in [0.2, 0.25) is 0 Å². The van der Waals surface area contributed by atoms with Crippen molar-refractivity contribution in [3.8, 4) is 0 Å². The molecule has 0 saturated heterocycles. The van der Waals surface area contributed by atoms with Crippen LogP contribution in [0.5, 0.6) is 0 Å². The molecule has 0 saturated carbocycles. The number of carbonyl (C=O) groups excluding carboxylic acids is 3. The Balaban J connectivity index is 4.42. The summed E-state index contributed by atoms with van der Waals surface area (Å²) in [6.45, 7) is 2.51. The molecule has 630 valence electrons. The van der Waals surface area contributed by atoms with E-state index in [1.165, 1.54) is 186 Å². The van der Waals surface area contributed by atoms with Gasteiger partial charge in [0, 0.05) is 19.3 Å². The molecule has 4 N–H and O–H groups in total. The van der Waals surface area contributed by atoms with Gasteiger partial charge in [-0.15, -0.1) is 0 Å². The van der Waals surface area contributed by atoms with Gasteiger partial charge < -0.3 is 34.2 Å². The number of carbonyl (C=O) groups is 3. The third kappa shape index (κ3) is 84.7. The summed E-state index contributed by atoms with van der Waals surface area (Å²) in [5.41, 5.74) is 0. The van der Waals surface area contributed by atoms with E-state index in [9.17, 15) is 43.5 Å². The van der Waals surface area contributed by atoms with Gasteiger partial charge in [-0.1, -0.05) is 373 Å². The molecule has 16 nitrogen and oxygen atoms in total. The lowest BCUT2D eigenvalue weighted by Gasteiger charge is -2.21. The summed E-state index contributed by atoms with van der Waals surface area (Å²) in [7, 11) is -9.79. The van der Waals surface area contributed by atoms with Crippen LogP contribution in [0.1, 0.15) is 380 Å². The molecule has 0 rings (SSSR count). The number of phosphoric acid groups is 2. The highest BCUT2D eigenvalue weighted by Gasteiger charge is 2.29. The van der Waals surface area contributed by atoms with E-state index < -0.39 is 91.5 Å². The van der Waals surface area contributed by atoms with Crippen molar-refractivity contribution in [2.24, 2.45) is 0 Å². The molecule has 0 aromatic rings. The second-order valence-electron chi connectivity index (χ2n) is 29.3. The maximum atomic E-state index is 13.0. The maximum absolute atomic E-state index is 13.0. The van der Waals surface area contributed by atoms with E-state index in [0.717, 1.165) is 135 Å². The molecule has 0 aliphatic heterocycles. The van der Waals surface area contributed by atoms with Crippen LogP contribution >= 0.6 is 15.6 Å². The molecule has 18 heteroatoms. The first kappa shape index (κ1) is 105. The summed E-state index contributed by atoms with van der Waals surface area (Å²) in [6, 6.07) is 0. The van der Waals surface area contributed by atoms with E-state index in [4.69, 9.17) is 32.3 Å². The number of hydrogen-bond acceptors (Lipinski definition) is 14. The first-order chi connectivity index (χ1) is 53.2. The number of ether oxygens (including phenoxy) is 3. The highest BCUT2D eigenvalue weighted by molar-refractivity contribution is 7.47. The highest BCUT2D eigenvalue weighted by Crippen LogP contribution is 2.45. The zero-order chi connectivity index (χ0) is 79.4. The zero-order valence-corrected chi connectivity index (χ0v) is 71.0. The molecule has 0 heterocycles. The van der Waals surface area contributed by atoms with Crippen LogP contribution in [-0.2, 0) is 55.8 Å². The Morgan fingerprint density at radius 2 is 0.486 bits per heavy atom. The average Bonchev–Trinajstić information content (AvgIpc) is 0.916. The van der Waals surface area contributed by atoms with Gasteiger partial charge in [0.05, 0.1) is 26.4 Å². The van der Waals surface area contributed by atoms with E-state index >= 15 is 0 Å². The summed E-state index contributed by atoms with van der Waals surface area (Å²) in [6.07, 6.45) is 101. The fourth-order valence-electron chi connectivity index (χ4n) is 12.1. The van der Waals surface area contributed by atoms with E-state index in [1.807, 2.05) is 0 Å². The molecular weight excluding hydrogens is 1410 g/mol. The second-order valence-corrected chi connectivity index (χ2v) is 32.2. The molecule has 0 spiro atoms. The molecule has 0 radical (unpaired) electrons. The average molecular weight is 1570 g/mol. The largest absolute Gasteiger partial charge is 0.472 e. The van der Waals surface area contributed by atoms with Crippen LogP contribution in [0.4, 0.5) is 0 Å². The molecule has 0 aromatic heterocycles. The molecule has 5 unspecified atom stereocenters. The van der Waals surface area contributed by atoms with Crippen LogP contribution in [-0.4, -0.2) is 95.9 Å². The molecule has 0 amide bonds. The van der Waals surface area contributed by atoms with Crippen molar-refractivity contribution in [1.82, 2.24) is 0 Å². The lowest BCUT2D eigenvalue weighted by molar-refractivity contribution is -0.161. The number of hydrogen-bond donors (Lipinski definition) is 4. The topological polar surface area (TPSA) is 231 Å². The van der Waals surface area contributed by atoms with E-state index in [0.29, 0.717) is 19.3 Å². The maximum Gasteiger partial charge on any atom is 0.472 e. The van der Waals surface area contributed by atoms with Crippen molar-refractivity contribution in [2.75, 3.05) is 39.6 Å². The van der Waals surface area contributed by atoms with Crippen LogP contribution in [0.25, 0.3) is 0 Å². The molecule has 0 bridgehead atoms. The fraction of sp³-hybridized carbons (Fsp3) is 0.747. The summed E-state index contributed by atoms with van der Waals surface area (Å²) in [5.74, 6) is -1.56. The van der Waals surface area contributed by atoms with E-state index in [-0.39, 0.29) is 19.3 Å². The highest BCUT2D eigenvalue weighted by atomic mass is 31.2. The quantitative estimate of drug-likeness (QED) is 0.0146. The van der Waals surface area contributed by atoms with Crippen LogP contribution in [0.3, 0.4) is 0 Å². The Kier molecular flexibility index (Phi) is 80.3. The number of aliphatic hydroxyl groups is 2. The molecule has 109 heavy (non-hydrogen) atoms. The fourth-order valence-corrected chi connectivity index (χ4v) is 13.7. The van der Waals surface area contributed by atoms with Crippen molar-refractivity contribution in [3.63, 3.8) is 0 Å². The molecule has 5 atom stereocenters. The van der Waals surface area contributed by atoms with E-state index in [1.54, 1.807) is 0 Å². The van der Waals surface area contributed by atoms with Crippen LogP contribution < -0.4 is 0 Å². The lowest BCUT2D eigenvalue weighted by Crippen LogP contribution is -2.30. The van der Waals surface area contributed by atoms with Gasteiger partial charge in [-0.05, 0) is 109 Å². The Hall–Kier alpha value is -4.05. The predicted octanol–water partition coefficient (Wildman–Crippen LogP) is 26.4. The second kappa shape index (κ2) is 83.4. The van der Waals surface area contributed by atoms with Crippen molar-refractivity contribution in [3.05, 3.63) is 122 Å². The van der Waals surface area contributed by atoms with Gasteiger partial charge in [-0.2, -0.15) is 0 Å². The predicted molar refractivity (Wildman–Crippen MR) is 454 cm³/mol. The molecule has 0 fully saturated rings. The SMILES string of the molecule is CC/C=C\C/C=C\C/C=C\C/C=C\C/C=C\CCCCCCCCCCCCCCCCCC(=O)OCC(O)COP(=O)(O)OCC(O)COP(=O)(O)OCC(COC(=O)CCCCCCCCCCCCCCC/C=C\C/C=C\C/C=C\C/C=C\C/C=C\CC)OC(=O)CCCCCCCCCCCCCCC. The number of rotatable bonds is 83. The number of aliphatic hydroxyl groups excluding tert-OH is 2. The van der Waals surface area contributed by atoms with Gasteiger partial charge in [0.25, 0.3) is 0 Å². The first-order valence-electron chi connectivity index (χ1n) is 43.8. The molecule has 0 aliphatic rings. The summed E-state index contributed by atoms with van der Waals surface area (Å²) in [4.78, 5) is 58.8. The number of allylic oxidation sites excluding steroid dienone is 20. The standard InChI is InChI=1S/C91H160O16P2/c1-4-7-10-13-16-19-22-25-27-29-31-33-35-37-39-41-42-44-46-47-49-51-53-55-57-60-62-65-68-71-74-77-89(94)101-80-86(92)81-103-108(97,98)104-82-87(93)83-105-109(99,100)106-85-88(107-91(96)79-76-73-70-67-64-59-24-21-18-15-12-9-6-3)84-102-90(95)78-75-72-69-66-63-61-58-56-54-52-50-48-45-43-40-38-36-34-32-30-28-26-23-20-17-14-11-8-5-2/h7-8,10-11,16-17,19-20,25-28,31-34,37-40,86-88,92-93H,4-6,9,12-15,18,21-24,29-30,35-36,41-85H2,1-3H3,(H,97,98)(H,99,100)/b10-7-,11-8-,19-16-,20-17-,27-25-,28-26-,33-31-,34-32-,39-37-,40-38-. The summed E-state index contributed by atoms with van der Waals surface area (Å²) >= 11 is 0. The van der Waals surface area contributed by atoms with Gasteiger partial charge in [0.15, 0.2) is 6.10 Å². The van der Waals surface area contributed by atoms with Crippen molar-refractivity contribution < 1.29 is 75.8 Å². The third-order valence-electron chi connectivity index (χ3n) is 18.7. The first-order valence-corrected chi connectivity index (χ1v) is 46.8. The van der Waals surface area contributed by atoms with E-state index in [2.05, 4.69) is 142 Å². The molecule has 0 aromatic carbocycles. The molecule has 0 aliphatic carbocycles. The van der Waals surface area contributed by atoms with Crippen molar-refractivity contribution in [2.45, 2.75) is 399 Å². The minimum absolute atomic E-state index is 0.108. The van der Waals surface area contributed by atoms with Crippen molar-refractivity contribution >= 4 is 33.6 Å². The molecular formula is C91H160O16P2. The van der Waals surface area contributed by atoms with Gasteiger partial charge in [0.2, 0.25) is 0 Å².